The fourth-order valence-electron chi connectivity index (χ4n) is 1.92. The Labute approximate surface area is 129 Å². The summed E-state index contributed by atoms with van der Waals surface area (Å²) in [5, 5.41) is 18.6. The number of amides is 1. The topological polar surface area (TPSA) is 104 Å². The van der Waals surface area contributed by atoms with Gasteiger partial charge in [-0.2, -0.15) is 0 Å². The van der Waals surface area contributed by atoms with Gasteiger partial charge in [0, 0.05) is 6.54 Å². The molecule has 1 amide bonds. The van der Waals surface area contributed by atoms with E-state index in [1.54, 1.807) is 20.8 Å². The molecule has 0 aromatic carbocycles. The van der Waals surface area contributed by atoms with Crippen LogP contribution in [0.3, 0.4) is 0 Å². The average Bonchev–Trinajstić information content (AvgIpc) is 2.32. The molecule has 1 atom stereocenters. The summed E-state index contributed by atoms with van der Waals surface area (Å²) in [6.45, 7) is 11.6. The summed E-state index contributed by atoms with van der Waals surface area (Å²) < 4.78 is 5.19. The second-order valence-electron chi connectivity index (χ2n) is 5.78. The van der Waals surface area contributed by atoms with Crippen LogP contribution in [0.1, 0.15) is 33.6 Å². The van der Waals surface area contributed by atoms with Gasteiger partial charge in [-0.05, 0) is 27.2 Å². The van der Waals surface area contributed by atoms with E-state index in [2.05, 4.69) is 13.2 Å². The van der Waals surface area contributed by atoms with Gasteiger partial charge in [-0.25, -0.2) is 9.59 Å². The van der Waals surface area contributed by atoms with Crippen molar-refractivity contribution in [2.45, 2.75) is 44.8 Å². The Morgan fingerprint density at radius 2 is 1.68 bits per heavy atom. The van der Waals surface area contributed by atoms with E-state index in [0.29, 0.717) is 0 Å². The quantitative estimate of drug-likeness (QED) is 0.666. The molecule has 0 rings (SSSR count). The second kappa shape index (κ2) is 7.63. The Morgan fingerprint density at radius 3 is 2.00 bits per heavy atom. The third-order valence-electron chi connectivity index (χ3n) is 2.77. The van der Waals surface area contributed by atoms with Crippen LogP contribution in [0, 0.1) is 0 Å². The van der Waals surface area contributed by atoms with Gasteiger partial charge in [0.25, 0.3) is 0 Å². The van der Waals surface area contributed by atoms with Crippen LogP contribution in [0.25, 0.3) is 0 Å². The van der Waals surface area contributed by atoms with Crippen molar-refractivity contribution in [1.29, 1.82) is 0 Å². The van der Waals surface area contributed by atoms with Crippen molar-refractivity contribution in [2.24, 2.45) is 0 Å². The molecule has 0 aromatic heterocycles. The van der Waals surface area contributed by atoms with Crippen molar-refractivity contribution in [3.63, 3.8) is 0 Å². The molecule has 0 spiro atoms. The number of rotatable bonds is 8. The standard InChI is InChI=1S/C15H23NO6/c1-6-8-15(12(19)20,10-11(17)18)16(9-7-2)13(21)22-14(3,4)5/h6-7H,1-2,8-10H2,3-5H3,(H,17,18)(H,19,20)/t15-/m0/s1. The third kappa shape index (κ3) is 5.23. The second-order valence-corrected chi connectivity index (χ2v) is 5.78. The van der Waals surface area contributed by atoms with Crippen molar-refractivity contribution < 1.29 is 29.3 Å². The van der Waals surface area contributed by atoms with E-state index in [1.807, 2.05) is 0 Å². The largest absolute Gasteiger partial charge is 0.481 e. The van der Waals surface area contributed by atoms with Gasteiger partial charge >= 0.3 is 18.0 Å². The van der Waals surface area contributed by atoms with Crippen LogP contribution in [0.2, 0.25) is 0 Å². The highest BCUT2D eigenvalue weighted by Crippen LogP contribution is 2.28. The summed E-state index contributed by atoms with van der Waals surface area (Å²) >= 11 is 0. The minimum atomic E-state index is -1.98. The summed E-state index contributed by atoms with van der Waals surface area (Å²) in [5.41, 5.74) is -2.83. The molecule has 7 nitrogen and oxygen atoms in total. The molecule has 0 aromatic rings. The molecular formula is C15H23NO6. The zero-order chi connectivity index (χ0) is 17.6. The maximum Gasteiger partial charge on any atom is 0.411 e. The lowest BCUT2D eigenvalue weighted by Crippen LogP contribution is -2.59. The fourth-order valence-corrected chi connectivity index (χ4v) is 1.92. The van der Waals surface area contributed by atoms with Gasteiger partial charge in [0.05, 0.1) is 6.42 Å². The van der Waals surface area contributed by atoms with Gasteiger partial charge in [-0.3, -0.25) is 9.69 Å². The van der Waals surface area contributed by atoms with Crippen molar-refractivity contribution in [3.8, 4) is 0 Å². The summed E-state index contributed by atoms with van der Waals surface area (Å²) in [7, 11) is 0. The van der Waals surface area contributed by atoms with Crippen molar-refractivity contribution in [3.05, 3.63) is 25.3 Å². The van der Waals surface area contributed by atoms with Crippen LogP contribution in [0.5, 0.6) is 0 Å². The SMILES string of the molecule is C=CCN(C(=O)OC(C)(C)C)[C@@](CC=C)(CC(=O)O)C(=O)O. The highest BCUT2D eigenvalue weighted by atomic mass is 16.6. The number of ether oxygens (including phenoxy) is 1. The minimum Gasteiger partial charge on any atom is -0.481 e. The molecule has 0 bridgehead atoms. The Bertz CT molecular complexity index is 465. The Morgan fingerprint density at radius 1 is 1.14 bits per heavy atom. The van der Waals surface area contributed by atoms with Crippen LogP contribution in [-0.2, 0) is 14.3 Å². The predicted molar refractivity (Wildman–Crippen MR) is 80.6 cm³/mol. The summed E-state index contributed by atoms with van der Waals surface area (Å²) in [6, 6.07) is 0. The van der Waals surface area contributed by atoms with Gasteiger partial charge in [-0.1, -0.05) is 12.2 Å². The van der Waals surface area contributed by atoms with Crippen molar-refractivity contribution >= 4 is 18.0 Å². The van der Waals surface area contributed by atoms with Gasteiger partial charge < -0.3 is 14.9 Å². The molecule has 0 aliphatic carbocycles. The Kier molecular flexibility index (Phi) is 6.83. The lowest BCUT2D eigenvalue weighted by atomic mass is 9.89. The number of carbonyl (C=O) groups is 3. The number of carboxylic acids is 2. The van der Waals surface area contributed by atoms with Gasteiger partial charge in [0.1, 0.15) is 5.60 Å². The molecule has 0 heterocycles. The first-order valence-corrected chi connectivity index (χ1v) is 6.67. The first-order chi connectivity index (χ1) is 10.00. The van der Waals surface area contributed by atoms with Crippen LogP contribution in [0.15, 0.2) is 25.3 Å². The van der Waals surface area contributed by atoms with Gasteiger partial charge in [-0.15, -0.1) is 13.2 Å². The number of hydrogen-bond acceptors (Lipinski definition) is 4. The van der Waals surface area contributed by atoms with E-state index >= 15 is 0 Å². The van der Waals surface area contributed by atoms with Crippen LogP contribution in [0.4, 0.5) is 4.79 Å². The number of carboxylic acid groups (broad SMARTS) is 2. The van der Waals surface area contributed by atoms with Crippen LogP contribution < -0.4 is 0 Å². The van der Waals surface area contributed by atoms with E-state index in [0.717, 1.165) is 4.90 Å². The summed E-state index contributed by atoms with van der Waals surface area (Å²) in [4.78, 5) is 36.0. The van der Waals surface area contributed by atoms with Crippen LogP contribution in [-0.4, -0.2) is 50.8 Å². The lowest BCUT2D eigenvalue weighted by Gasteiger charge is -2.39. The van der Waals surface area contributed by atoms with E-state index in [-0.39, 0.29) is 13.0 Å². The monoisotopic (exact) mass is 313 g/mol. The minimum absolute atomic E-state index is 0.164. The maximum atomic E-state index is 12.3. The normalized spacial score (nSPS) is 13.6. The highest BCUT2D eigenvalue weighted by molar-refractivity contribution is 5.89. The molecular weight excluding hydrogens is 290 g/mol. The van der Waals surface area contributed by atoms with Crippen LogP contribution >= 0.6 is 0 Å². The maximum absolute atomic E-state index is 12.3. The highest BCUT2D eigenvalue weighted by Gasteiger charge is 2.48. The fraction of sp³-hybridized carbons (Fsp3) is 0.533. The van der Waals surface area contributed by atoms with E-state index in [1.165, 1.54) is 12.2 Å². The number of hydrogen-bond donors (Lipinski definition) is 2. The first-order valence-electron chi connectivity index (χ1n) is 6.67. The van der Waals surface area contributed by atoms with E-state index < -0.39 is 35.6 Å². The average molecular weight is 313 g/mol. The lowest BCUT2D eigenvalue weighted by molar-refractivity contribution is -0.157. The predicted octanol–water partition coefficient (Wildman–Crippen LogP) is 2.28. The molecule has 2 N–H and O–H groups in total. The summed E-state index contributed by atoms with van der Waals surface area (Å²) in [6.07, 6.45) is 0.644. The molecule has 0 radical (unpaired) electrons. The number of aliphatic carboxylic acids is 2. The number of carbonyl (C=O) groups excluding carboxylic acids is 1. The molecule has 0 fully saturated rings. The molecule has 0 saturated heterocycles. The molecule has 7 heteroatoms. The van der Waals surface area contributed by atoms with E-state index in [9.17, 15) is 19.5 Å². The molecule has 22 heavy (non-hydrogen) atoms. The molecule has 124 valence electrons. The van der Waals surface area contributed by atoms with E-state index in [4.69, 9.17) is 9.84 Å². The third-order valence-corrected chi connectivity index (χ3v) is 2.77. The first kappa shape index (κ1) is 19.7. The molecule has 0 unspecified atom stereocenters. The zero-order valence-electron chi connectivity index (χ0n) is 13.2. The molecule has 0 aliphatic heterocycles. The number of nitrogens with zero attached hydrogens (tertiary/aromatic N) is 1. The zero-order valence-corrected chi connectivity index (χ0v) is 13.2. The Hall–Kier alpha value is -2.31. The molecule has 0 saturated carbocycles. The van der Waals surface area contributed by atoms with Gasteiger partial charge in [0.15, 0.2) is 5.54 Å². The summed E-state index contributed by atoms with van der Waals surface area (Å²) in [5.74, 6) is -2.79. The van der Waals surface area contributed by atoms with Crippen molar-refractivity contribution in [2.75, 3.05) is 6.54 Å². The molecule has 0 aliphatic rings. The van der Waals surface area contributed by atoms with Gasteiger partial charge in [0.2, 0.25) is 0 Å². The smallest absolute Gasteiger partial charge is 0.411 e. The van der Waals surface area contributed by atoms with Crippen molar-refractivity contribution in [1.82, 2.24) is 4.90 Å². The Balaban J connectivity index is 5.88.